The number of nitrogens with zero attached hydrogens (tertiary/aromatic N) is 2. The van der Waals surface area contributed by atoms with E-state index in [-0.39, 0.29) is 5.91 Å². The standard InChI is InChI=1S/C17H25N3O/c18-17(8-4-5-9-17)16(21)20-12-10-19(11-13-20)14-15-6-2-1-3-7-15/h1-3,6-7H,4-5,8-14,18H2. The third-order valence-corrected chi connectivity index (χ3v) is 4.83. The first-order chi connectivity index (χ1) is 10.2. The number of piperazine rings is 1. The highest BCUT2D eigenvalue weighted by Gasteiger charge is 2.40. The summed E-state index contributed by atoms with van der Waals surface area (Å²) in [6.07, 6.45) is 3.90. The molecule has 4 heteroatoms. The predicted molar refractivity (Wildman–Crippen MR) is 83.7 cm³/mol. The molecule has 0 aromatic heterocycles. The molecule has 1 amide bonds. The highest BCUT2D eigenvalue weighted by Crippen LogP contribution is 2.29. The Kier molecular flexibility index (Phi) is 4.27. The third-order valence-electron chi connectivity index (χ3n) is 4.83. The van der Waals surface area contributed by atoms with Crippen LogP contribution < -0.4 is 5.73 Å². The molecule has 1 aliphatic carbocycles. The van der Waals surface area contributed by atoms with Crippen molar-refractivity contribution in [2.75, 3.05) is 26.2 Å². The van der Waals surface area contributed by atoms with Gasteiger partial charge < -0.3 is 10.6 Å². The Morgan fingerprint density at radius 2 is 1.67 bits per heavy atom. The second kappa shape index (κ2) is 6.16. The van der Waals surface area contributed by atoms with Crippen molar-refractivity contribution in [2.45, 2.75) is 37.8 Å². The summed E-state index contributed by atoms with van der Waals surface area (Å²) in [6.45, 7) is 4.47. The second-order valence-corrected chi connectivity index (χ2v) is 6.42. The van der Waals surface area contributed by atoms with Crippen LogP contribution in [0.5, 0.6) is 0 Å². The third kappa shape index (κ3) is 3.27. The maximum absolute atomic E-state index is 12.6. The Labute approximate surface area is 126 Å². The van der Waals surface area contributed by atoms with E-state index in [1.807, 2.05) is 11.0 Å². The smallest absolute Gasteiger partial charge is 0.242 e. The molecule has 1 saturated carbocycles. The molecule has 114 valence electrons. The Bertz CT molecular complexity index is 474. The van der Waals surface area contributed by atoms with E-state index < -0.39 is 5.54 Å². The summed E-state index contributed by atoms with van der Waals surface area (Å²) < 4.78 is 0. The molecule has 4 nitrogen and oxygen atoms in total. The van der Waals surface area contributed by atoms with E-state index in [1.165, 1.54) is 5.56 Å². The molecule has 0 bridgehead atoms. The van der Waals surface area contributed by atoms with Crippen LogP contribution in [0, 0.1) is 0 Å². The van der Waals surface area contributed by atoms with Gasteiger partial charge in [-0.25, -0.2) is 0 Å². The second-order valence-electron chi connectivity index (χ2n) is 6.42. The van der Waals surface area contributed by atoms with E-state index >= 15 is 0 Å². The van der Waals surface area contributed by atoms with Gasteiger partial charge in [0.1, 0.15) is 0 Å². The highest BCUT2D eigenvalue weighted by molar-refractivity contribution is 5.86. The van der Waals surface area contributed by atoms with Gasteiger partial charge in [0.15, 0.2) is 0 Å². The fraction of sp³-hybridized carbons (Fsp3) is 0.588. The normalized spacial score (nSPS) is 22.4. The number of rotatable bonds is 3. The highest BCUT2D eigenvalue weighted by atomic mass is 16.2. The lowest BCUT2D eigenvalue weighted by molar-refractivity contribution is -0.138. The molecule has 0 radical (unpaired) electrons. The molecule has 3 rings (SSSR count). The van der Waals surface area contributed by atoms with Crippen molar-refractivity contribution in [1.82, 2.24) is 9.80 Å². The zero-order valence-electron chi connectivity index (χ0n) is 12.6. The number of benzene rings is 1. The fourth-order valence-corrected chi connectivity index (χ4v) is 3.49. The van der Waals surface area contributed by atoms with Crippen LogP contribution in [0.1, 0.15) is 31.2 Å². The number of hydrogen-bond donors (Lipinski definition) is 1. The average Bonchev–Trinajstić information content (AvgIpc) is 2.96. The van der Waals surface area contributed by atoms with Crippen LogP contribution >= 0.6 is 0 Å². The first kappa shape index (κ1) is 14.5. The van der Waals surface area contributed by atoms with Crippen molar-refractivity contribution in [1.29, 1.82) is 0 Å². The monoisotopic (exact) mass is 287 g/mol. The summed E-state index contributed by atoms with van der Waals surface area (Å²) in [7, 11) is 0. The van der Waals surface area contributed by atoms with Crippen LogP contribution in [0.2, 0.25) is 0 Å². The van der Waals surface area contributed by atoms with E-state index in [9.17, 15) is 4.79 Å². The lowest BCUT2D eigenvalue weighted by Gasteiger charge is -2.38. The number of amides is 1. The van der Waals surface area contributed by atoms with Gasteiger partial charge in [0.05, 0.1) is 5.54 Å². The Hall–Kier alpha value is -1.39. The molecule has 1 aliphatic heterocycles. The molecule has 2 N–H and O–H groups in total. The largest absolute Gasteiger partial charge is 0.339 e. The Morgan fingerprint density at radius 3 is 2.29 bits per heavy atom. The SMILES string of the molecule is NC1(C(=O)N2CCN(Cc3ccccc3)CC2)CCCC1. The van der Waals surface area contributed by atoms with Gasteiger partial charge in [-0.1, -0.05) is 43.2 Å². The summed E-state index contributed by atoms with van der Waals surface area (Å²) in [6, 6.07) is 10.5. The minimum atomic E-state index is -0.568. The van der Waals surface area contributed by atoms with Crippen LogP contribution in [0.4, 0.5) is 0 Å². The molecule has 1 aromatic rings. The number of carbonyl (C=O) groups excluding carboxylic acids is 1. The zero-order chi connectivity index (χ0) is 14.7. The molecule has 2 aliphatic rings. The summed E-state index contributed by atoms with van der Waals surface area (Å²) in [5.74, 6) is 0.180. The number of nitrogens with two attached hydrogens (primary N) is 1. The topological polar surface area (TPSA) is 49.6 Å². The molecule has 0 unspecified atom stereocenters. The van der Waals surface area contributed by atoms with Crippen LogP contribution in [-0.2, 0) is 11.3 Å². The van der Waals surface area contributed by atoms with E-state index in [0.29, 0.717) is 0 Å². The van der Waals surface area contributed by atoms with Crippen molar-refractivity contribution in [3.63, 3.8) is 0 Å². The summed E-state index contributed by atoms with van der Waals surface area (Å²) in [4.78, 5) is 17.0. The van der Waals surface area contributed by atoms with Gasteiger partial charge in [0, 0.05) is 32.7 Å². The fourth-order valence-electron chi connectivity index (χ4n) is 3.49. The van der Waals surface area contributed by atoms with Gasteiger partial charge in [-0.15, -0.1) is 0 Å². The molecular formula is C17H25N3O. The first-order valence-electron chi connectivity index (χ1n) is 8.02. The quantitative estimate of drug-likeness (QED) is 0.919. The lowest BCUT2D eigenvalue weighted by Crippen LogP contribution is -2.58. The first-order valence-corrected chi connectivity index (χ1v) is 8.02. The van der Waals surface area contributed by atoms with E-state index in [2.05, 4.69) is 29.2 Å². The molecule has 1 aromatic carbocycles. The molecule has 0 spiro atoms. The summed E-state index contributed by atoms with van der Waals surface area (Å²) >= 11 is 0. The van der Waals surface area contributed by atoms with Gasteiger partial charge in [0.25, 0.3) is 0 Å². The van der Waals surface area contributed by atoms with Crippen molar-refractivity contribution in [2.24, 2.45) is 5.73 Å². The molecule has 21 heavy (non-hydrogen) atoms. The van der Waals surface area contributed by atoms with Crippen molar-refractivity contribution in [3.05, 3.63) is 35.9 Å². The number of hydrogen-bond acceptors (Lipinski definition) is 3. The number of carbonyl (C=O) groups is 1. The Morgan fingerprint density at radius 1 is 1.05 bits per heavy atom. The van der Waals surface area contributed by atoms with Crippen LogP contribution in [0.25, 0.3) is 0 Å². The maximum atomic E-state index is 12.6. The summed E-state index contributed by atoms with van der Waals surface area (Å²) in [5.41, 5.74) is 7.06. The van der Waals surface area contributed by atoms with Gasteiger partial charge in [0.2, 0.25) is 5.91 Å². The van der Waals surface area contributed by atoms with Crippen LogP contribution in [0.3, 0.4) is 0 Å². The zero-order valence-corrected chi connectivity index (χ0v) is 12.6. The maximum Gasteiger partial charge on any atom is 0.242 e. The predicted octanol–water partition coefficient (Wildman–Crippen LogP) is 1.60. The summed E-state index contributed by atoms with van der Waals surface area (Å²) in [5, 5.41) is 0. The molecule has 1 heterocycles. The van der Waals surface area contributed by atoms with Gasteiger partial charge >= 0.3 is 0 Å². The van der Waals surface area contributed by atoms with E-state index in [1.54, 1.807) is 0 Å². The van der Waals surface area contributed by atoms with Crippen molar-refractivity contribution < 1.29 is 4.79 Å². The van der Waals surface area contributed by atoms with Crippen molar-refractivity contribution >= 4 is 5.91 Å². The minimum Gasteiger partial charge on any atom is -0.339 e. The van der Waals surface area contributed by atoms with E-state index in [4.69, 9.17) is 5.73 Å². The van der Waals surface area contributed by atoms with Crippen molar-refractivity contribution in [3.8, 4) is 0 Å². The molecule has 2 fully saturated rings. The van der Waals surface area contributed by atoms with Gasteiger partial charge in [-0.05, 0) is 18.4 Å². The van der Waals surface area contributed by atoms with Gasteiger partial charge in [-0.3, -0.25) is 9.69 Å². The van der Waals surface area contributed by atoms with Crippen LogP contribution in [-0.4, -0.2) is 47.4 Å². The molecular weight excluding hydrogens is 262 g/mol. The van der Waals surface area contributed by atoms with E-state index in [0.717, 1.165) is 58.4 Å². The average molecular weight is 287 g/mol. The minimum absolute atomic E-state index is 0.180. The molecule has 0 atom stereocenters. The molecule has 1 saturated heterocycles. The van der Waals surface area contributed by atoms with Gasteiger partial charge in [-0.2, -0.15) is 0 Å². The Balaban J connectivity index is 1.52. The van der Waals surface area contributed by atoms with Crippen LogP contribution in [0.15, 0.2) is 30.3 Å². The lowest BCUT2D eigenvalue weighted by atomic mass is 9.97.